The van der Waals surface area contributed by atoms with Crippen molar-refractivity contribution in [1.82, 2.24) is 4.90 Å². The zero-order chi connectivity index (χ0) is 13.8. The zero-order valence-electron chi connectivity index (χ0n) is 12.0. The van der Waals surface area contributed by atoms with Crippen LogP contribution in [0.5, 0.6) is 0 Å². The highest BCUT2D eigenvalue weighted by Gasteiger charge is 2.29. The molecule has 0 aliphatic heterocycles. The van der Waals surface area contributed by atoms with Crippen molar-refractivity contribution in [3.8, 4) is 0 Å². The second-order valence-corrected chi connectivity index (χ2v) is 6.41. The molecular formula is C15H26N2O. The fraction of sp³-hybridized carbons (Fsp3) is 0.600. The van der Waals surface area contributed by atoms with E-state index in [0.29, 0.717) is 6.54 Å². The Kier molecular flexibility index (Phi) is 4.91. The van der Waals surface area contributed by atoms with Crippen LogP contribution in [-0.4, -0.2) is 36.8 Å². The van der Waals surface area contributed by atoms with Crippen molar-refractivity contribution in [2.75, 3.05) is 26.7 Å². The maximum absolute atomic E-state index is 9.63. The van der Waals surface area contributed by atoms with Crippen LogP contribution in [-0.2, 0) is 5.54 Å². The fourth-order valence-electron chi connectivity index (χ4n) is 2.35. The molecule has 3 nitrogen and oxygen atoms in total. The summed E-state index contributed by atoms with van der Waals surface area (Å²) >= 11 is 0. The van der Waals surface area contributed by atoms with Crippen molar-refractivity contribution >= 4 is 0 Å². The molecule has 0 fully saturated rings. The number of hydrogen-bond donors (Lipinski definition) is 2. The molecular weight excluding hydrogens is 224 g/mol. The maximum atomic E-state index is 9.63. The van der Waals surface area contributed by atoms with Gasteiger partial charge in [-0.25, -0.2) is 0 Å². The zero-order valence-corrected chi connectivity index (χ0v) is 12.0. The summed E-state index contributed by atoms with van der Waals surface area (Å²) in [6, 6.07) is 9.81. The minimum absolute atomic E-state index is 0.0501. The van der Waals surface area contributed by atoms with E-state index in [2.05, 4.69) is 25.7 Å². The Morgan fingerprint density at radius 3 is 2.11 bits per heavy atom. The van der Waals surface area contributed by atoms with Gasteiger partial charge >= 0.3 is 0 Å². The van der Waals surface area contributed by atoms with Gasteiger partial charge in [-0.05, 0) is 18.0 Å². The second-order valence-electron chi connectivity index (χ2n) is 6.41. The van der Waals surface area contributed by atoms with E-state index < -0.39 is 5.54 Å². The van der Waals surface area contributed by atoms with Crippen molar-refractivity contribution in [2.24, 2.45) is 11.1 Å². The van der Waals surface area contributed by atoms with Crippen molar-refractivity contribution in [3.63, 3.8) is 0 Å². The number of benzene rings is 1. The predicted octanol–water partition coefficient (Wildman–Crippen LogP) is 1.81. The summed E-state index contributed by atoms with van der Waals surface area (Å²) < 4.78 is 0. The number of rotatable bonds is 5. The molecule has 0 saturated heterocycles. The van der Waals surface area contributed by atoms with Gasteiger partial charge in [-0.3, -0.25) is 0 Å². The molecule has 1 rings (SSSR count). The molecule has 0 spiro atoms. The predicted molar refractivity (Wildman–Crippen MR) is 76.3 cm³/mol. The summed E-state index contributed by atoms with van der Waals surface area (Å²) in [5.41, 5.74) is 6.86. The largest absolute Gasteiger partial charge is 0.394 e. The molecule has 0 amide bonds. The van der Waals surface area contributed by atoms with Crippen molar-refractivity contribution in [1.29, 1.82) is 0 Å². The molecule has 1 aromatic carbocycles. The highest BCUT2D eigenvalue weighted by atomic mass is 16.3. The van der Waals surface area contributed by atoms with Gasteiger partial charge in [0.25, 0.3) is 0 Å². The Morgan fingerprint density at radius 2 is 1.67 bits per heavy atom. The molecule has 102 valence electrons. The average Bonchev–Trinajstić information content (AvgIpc) is 2.27. The lowest BCUT2D eigenvalue weighted by Gasteiger charge is -2.35. The summed E-state index contributed by atoms with van der Waals surface area (Å²) in [6.45, 7) is 8.13. The van der Waals surface area contributed by atoms with Crippen molar-refractivity contribution in [2.45, 2.75) is 26.3 Å². The van der Waals surface area contributed by atoms with Gasteiger partial charge in [0.2, 0.25) is 0 Å². The molecule has 0 aliphatic rings. The van der Waals surface area contributed by atoms with E-state index in [1.807, 2.05) is 37.4 Å². The van der Waals surface area contributed by atoms with Crippen LogP contribution in [0.2, 0.25) is 0 Å². The van der Waals surface area contributed by atoms with Crippen LogP contribution in [0, 0.1) is 5.41 Å². The third-order valence-electron chi connectivity index (χ3n) is 2.93. The van der Waals surface area contributed by atoms with Gasteiger partial charge in [0.15, 0.2) is 0 Å². The fourth-order valence-corrected chi connectivity index (χ4v) is 2.35. The van der Waals surface area contributed by atoms with E-state index in [1.54, 1.807) is 0 Å². The Hall–Kier alpha value is -0.900. The average molecular weight is 250 g/mol. The first-order valence-electron chi connectivity index (χ1n) is 6.41. The highest BCUT2D eigenvalue weighted by Crippen LogP contribution is 2.21. The molecule has 0 saturated carbocycles. The lowest BCUT2D eigenvalue weighted by Crippen LogP contribution is -2.50. The number of aliphatic hydroxyl groups excluding tert-OH is 1. The van der Waals surface area contributed by atoms with Crippen molar-refractivity contribution < 1.29 is 5.11 Å². The first-order chi connectivity index (χ1) is 8.27. The number of likely N-dealkylation sites (N-methyl/N-ethyl adjacent to an activating group) is 1. The van der Waals surface area contributed by atoms with Gasteiger partial charge in [0.1, 0.15) is 0 Å². The summed E-state index contributed by atoms with van der Waals surface area (Å²) in [5.74, 6) is 0. The molecule has 1 aromatic rings. The molecule has 3 N–H and O–H groups in total. The topological polar surface area (TPSA) is 49.5 Å². The summed E-state index contributed by atoms with van der Waals surface area (Å²) in [7, 11) is 2.05. The molecule has 18 heavy (non-hydrogen) atoms. The Balaban J connectivity index is 2.78. The molecule has 0 radical (unpaired) electrons. The third kappa shape index (κ3) is 4.41. The van der Waals surface area contributed by atoms with Crippen molar-refractivity contribution in [3.05, 3.63) is 35.9 Å². The van der Waals surface area contributed by atoms with Crippen LogP contribution in [0.15, 0.2) is 30.3 Å². The number of hydrogen-bond acceptors (Lipinski definition) is 3. The van der Waals surface area contributed by atoms with Gasteiger partial charge in [0, 0.05) is 13.1 Å². The SMILES string of the molecule is CN(CC(C)(C)C)CC(N)(CO)c1ccccc1. The maximum Gasteiger partial charge on any atom is 0.0772 e. The number of nitrogens with zero attached hydrogens (tertiary/aromatic N) is 1. The van der Waals surface area contributed by atoms with Crippen LogP contribution in [0.3, 0.4) is 0 Å². The second kappa shape index (κ2) is 5.83. The molecule has 1 atom stereocenters. The van der Waals surface area contributed by atoms with E-state index in [9.17, 15) is 5.11 Å². The van der Waals surface area contributed by atoms with Crippen LogP contribution in [0.4, 0.5) is 0 Å². The van der Waals surface area contributed by atoms with E-state index in [0.717, 1.165) is 12.1 Å². The van der Waals surface area contributed by atoms with E-state index >= 15 is 0 Å². The third-order valence-corrected chi connectivity index (χ3v) is 2.93. The molecule has 1 unspecified atom stereocenters. The summed E-state index contributed by atoms with van der Waals surface area (Å²) in [4.78, 5) is 2.18. The minimum atomic E-state index is -0.693. The van der Waals surface area contributed by atoms with Crippen LogP contribution in [0.1, 0.15) is 26.3 Å². The summed E-state index contributed by atoms with van der Waals surface area (Å²) in [5, 5.41) is 9.63. The molecule has 0 heterocycles. The smallest absolute Gasteiger partial charge is 0.0772 e. The van der Waals surface area contributed by atoms with Gasteiger partial charge in [-0.2, -0.15) is 0 Å². The van der Waals surface area contributed by atoms with Gasteiger partial charge in [-0.1, -0.05) is 51.1 Å². The lowest BCUT2D eigenvalue weighted by molar-refractivity contribution is 0.129. The number of aliphatic hydroxyl groups is 1. The van der Waals surface area contributed by atoms with E-state index in [-0.39, 0.29) is 12.0 Å². The quantitative estimate of drug-likeness (QED) is 0.838. The van der Waals surface area contributed by atoms with E-state index in [1.165, 1.54) is 0 Å². The standard InChI is InChI=1S/C15H26N2O/c1-14(2,3)10-17(4)11-15(16,12-18)13-8-6-5-7-9-13/h5-9,18H,10-12,16H2,1-4H3. The van der Waals surface area contributed by atoms with E-state index in [4.69, 9.17) is 5.73 Å². The summed E-state index contributed by atoms with van der Waals surface area (Å²) in [6.07, 6.45) is 0. The monoisotopic (exact) mass is 250 g/mol. The van der Waals surface area contributed by atoms with Crippen LogP contribution < -0.4 is 5.73 Å². The van der Waals surface area contributed by atoms with Gasteiger partial charge < -0.3 is 15.7 Å². The van der Waals surface area contributed by atoms with Crippen LogP contribution >= 0.6 is 0 Å². The minimum Gasteiger partial charge on any atom is -0.394 e. The first-order valence-corrected chi connectivity index (χ1v) is 6.41. The molecule has 0 bridgehead atoms. The Labute approximate surface area is 111 Å². The molecule has 0 aromatic heterocycles. The first kappa shape index (κ1) is 15.2. The molecule has 0 aliphatic carbocycles. The Morgan fingerprint density at radius 1 is 1.11 bits per heavy atom. The lowest BCUT2D eigenvalue weighted by atomic mass is 9.90. The van der Waals surface area contributed by atoms with Gasteiger partial charge in [0.05, 0.1) is 12.1 Å². The highest BCUT2D eigenvalue weighted by molar-refractivity contribution is 5.24. The Bertz CT molecular complexity index is 359. The van der Waals surface area contributed by atoms with Gasteiger partial charge in [-0.15, -0.1) is 0 Å². The molecule has 3 heteroatoms. The van der Waals surface area contributed by atoms with Crippen LogP contribution in [0.25, 0.3) is 0 Å². The normalized spacial score (nSPS) is 15.7. The number of nitrogens with two attached hydrogens (primary N) is 1.